The van der Waals surface area contributed by atoms with Crippen molar-refractivity contribution >= 4 is 17.7 Å². The third kappa shape index (κ3) is 9.86. The quantitative estimate of drug-likeness (QED) is 0.156. The Kier molecular flexibility index (Phi) is 13.2. The number of esters is 2. The fourth-order valence-electron chi connectivity index (χ4n) is 3.77. The van der Waals surface area contributed by atoms with E-state index in [1.54, 1.807) is 13.8 Å². The summed E-state index contributed by atoms with van der Waals surface area (Å²) >= 11 is 0. The standard InChI is InChI=1S/C29H39NO9/c1-7-16-35-24(8-2)27(39-22-12-10-9-11-13-22)20(4)38-29(33)19(3)17-23(32)26-28(37-18-36-21(5)31)25(34-6)14-15-30-26/h9-15,19-20,24,27H,7-8,16-18H2,1-6H3/t19-,20+,24+,27+/m1/s1. The molecule has 0 amide bonds. The third-order valence-corrected chi connectivity index (χ3v) is 5.80. The van der Waals surface area contributed by atoms with Crippen LogP contribution in [0.4, 0.5) is 0 Å². The van der Waals surface area contributed by atoms with Crippen molar-refractivity contribution in [3.63, 3.8) is 0 Å². The van der Waals surface area contributed by atoms with E-state index in [1.807, 2.05) is 44.2 Å². The van der Waals surface area contributed by atoms with Crippen LogP contribution in [0.5, 0.6) is 17.2 Å². The van der Waals surface area contributed by atoms with Gasteiger partial charge >= 0.3 is 11.9 Å². The van der Waals surface area contributed by atoms with Crippen LogP contribution >= 0.6 is 0 Å². The molecule has 0 spiro atoms. The first-order chi connectivity index (χ1) is 18.7. The van der Waals surface area contributed by atoms with Gasteiger partial charge in [-0.3, -0.25) is 14.4 Å². The van der Waals surface area contributed by atoms with Crippen LogP contribution in [0.3, 0.4) is 0 Å². The van der Waals surface area contributed by atoms with Crippen molar-refractivity contribution in [1.29, 1.82) is 0 Å². The van der Waals surface area contributed by atoms with Crippen LogP contribution in [0, 0.1) is 5.92 Å². The maximum Gasteiger partial charge on any atom is 0.309 e. The molecule has 2 rings (SSSR count). The molecule has 0 aliphatic rings. The highest BCUT2D eigenvalue weighted by atomic mass is 16.7. The number of pyridine rings is 1. The normalized spacial score (nSPS) is 13.9. The number of nitrogens with zero attached hydrogens (tertiary/aromatic N) is 1. The van der Waals surface area contributed by atoms with E-state index in [4.69, 9.17) is 28.4 Å². The van der Waals surface area contributed by atoms with Gasteiger partial charge in [0.25, 0.3) is 0 Å². The van der Waals surface area contributed by atoms with Gasteiger partial charge in [-0.1, -0.05) is 39.0 Å². The summed E-state index contributed by atoms with van der Waals surface area (Å²) in [4.78, 5) is 41.4. The van der Waals surface area contributed by atoms with Gasteiger partial charge in [0.1, 0.15) is 11.9 Å². The minimum atomic E-state index is -0.789. The largest absolute Gasteiger partial charge is 0.493 e. The molecule has 1 aromatic heterocycles. The Balaban J connectivity index is 2.13. The van der Waals surface area contributed by atoms with E-state index in [0.717, 1.165) is 6.42 Å². The van der Waals surface area contributed by atoms with Crippen LogP contribution in [0.25, 0.3) is 0 Å². The van der Waals surface area contributed by atoms with E-state index < -0.39 is 42.6 Å². The summed E-state index contributed by atoms with van der Waals surface area (Å²) in [6, 6.07) is 10.8. The second kappa shape index (κ2) is 16.3. The molecule has 39 heavy (non-hydrogen) atoms. The number of hydrogen-bond acceptors (Lipinski definition) is 10. The molecular weight excluding hydrogens is 506 g/mol. The first-order valence-electron chi connectivity index (χ1n) is 13.1. The average Bonchev–Trinajstić information content (AvgIpc) is 2.92. The van der Waals surface area contributed by atoms with Crippen molar-refractivity contribution < 1.29 is 42.8 Å². The lowest BCUT2D eigenvalue weighted by Gasteiger charge is -2.32. The van der Waals surface area contributed by atoms with Gasteiger partial charge in [0.15, 0.2) is 29.1 Å². The monoisotopic (exact) mass is 545 g/mol. The molecular formula is C29H39NO9. The number of para-hydroxylation sites is 1. The van der Waals surface area contributed by atoms with Gasteiger partial charge in [-0.15, -0.1) is 0 Å². The number of carbonyl (C=O) groups is 3. The molecule has 0 aliphatic carbocycles. The smallest absolute Gasteiger partial charge is 0.309 e. The lowest BCUT2D eigenvalue weighted by molar-refractivity contribution is -0.162. The lowest BCUT2D eigenvalue weighted by atomic mass is 10.0. The van der Waals surface area contributed by atoms with Gasteiger partial charge in [0.2, 0.25) is 6.79 Å². The molecule has 4 atom stereocenters. The summed E-state index contributed by atoms with van der Waals surface area (Å²) in [5.74, 6) is -1.46. The number of ketones is 1. The second-order valence-electron chi connectivity index (χ2n) is 8.97. The summed E-state index contributed by atoms with van der Waals surface area (Å²) in [6.07, 6.45) is 1.18. The summed E-state index contributed by atoms with van der Waals surface area (Å²) in [7, 11) is 1.41. The molecule has 2 aromatic rings. The van der Waals surface area contributed by atoms with Gasteiger partial charge < -0.3 is 28.4 Å². The maximum absolute atomic E-state index is 13.1. The van der Waals surface area contributed by atoms with Crippen LogP contribution < -0.4 is 14.2 Å². The number of rotatable bonds is 17. The van der Waals surface area contributed by atoms with Crippen molar-refractivity contribution in [3.8, 4) is 17.2 Å². The van der Waals surface area contributed by atoms with E-state index in [0.29, 0.717) is 18.8 Å². The highest BCUT2D eigenvalue weighted by Crippen LogP contribution is 2.31. The molecule has 0 N–H and O–H groups in total. The molecule has 0 saturated carbocycles. The third-order valence-electron chi connectivity index (χ3n) is 5.80. The molecule has 10 nitrogen and oxygen atoms in total. The summed E-state index contributed by atoms with van der Waals surface area (Å²) in [6.45, 7) is 8.72. The van der Waals surface area contributed by atoms with Crippen LogP contribution in [0.2, 0.25) is 0 Å². The SMILES string of the molecule is CCCO[C@@H](CC)[C@@H](Oc1ccccc1)[C@H](C)OC(=O)[C@H](C)CC(=O)c1nccc(OC)c1OCOC(C)=O. The van der Waals surface area contributed by atoms with Gasteiger partial charge in [-0.05, 0) is 31.9 Å². The fraction of sp³-hybridized carbons (Fsp3) is 0.517. The molecule has 0 bridgehead atoms. The van der Waals surface area contributed by atoms with Crippen LogP contribution in [-0.2, 0) is 23.8 Å². The van der Waals surface area contributed by atoms with Gasteiger partial charge in [0.05, 0.1) is 19.1 Å². The Morgan fingerprint density at radius 1 is 1.03 bits per heavy atom. The predicted molar refractivity (Wildman–Crippen MR) is 143 cm³/mol. The van der Waals surface area contributed by atoms with Crippen LogP contribution in [0.1, 0.15) is 64.4 Å². The molecule has 1 heterocycles. The Bertz CT molecular complexity index is 1060. The molecule has 1 aromatic carbocycles. The molecule has 10 heteroatoms. The van der Waals surface area contributed by atoms with Gasteiger partial charge in [-0.25, -0.2) is 4.98 Å². The Labute approximate surface area is 229 Å². The molecule has 0 unspecified atom stereocenters. The molecule has 0 radical (unpaired) electrons. The second-order valence-corrected chi connectivity index (χ2v) is 8.97. The Morgan fingerprint density at radius 2 is 1.74 bits per heavy atom. The highest BCUT2D eigenvalue weighted by Gasteiger charge is 2.33. The van der Waals surface area contributed by atoms with Crippen molar-refractivity contribution in [3.05, 3.63) is 48.3 Å². The van der Waals surface area contributed by atoms with Crippen molar-refractivity contribution in [2.45, 2.75) is 72.2 Å². The first kappa shape index (κ1) is 31.6. The van der Waals surface area contributed by atoms with Crippen LogP contribution in [-0.4, -0.2) is 61.5 Å². The predicted octanol–water partition coefficient (Wildman–Crippen LogP) is 4.78. The molecule has 0 fully saturated rings. The lowest BCUT2D eigenvalue weighted by Crippen LogP contribution is -2.44. The maximum atomic E-state index is 13.1. The zero-order valence-electron chi connectivity index (χ0n) is 23.5. The molecule has 0 aliphatic heterocycles. The number of aromatic nitrogens is 1. The van der Waals surface area contributed by atoms with Crippen molar-refractivity contribution in [1.82, 2.24) is 4.98 Å². The molecule has 214 valence electrons. The minimum absolute atomic E-state index is 0.0235. The summed E-state index contributed by atoms with van der Waals surface area (Å²) in [5.41, 5.74) is -0.0431. The number of benzene rings is 1. The Hall–Kier alpha value is -3.66. The number of ether oxygens (including phenoxy) is 6. The van der Waals surface area contributed by atoms with E-state index >= 15 is 0 Å². The number of carbonyl (C=O) groups excluding carboxylic acids is 3. The zero-order chi connectivity index (χ0) is 28.8. The van der Waals surface area contributed by atoms with Gasteiger partial charge in [-0.2, -0.15) is 0 Å². The summed E-state index contributed by atoms with van der Waals surface area (Å²) in [5, 5.41) is 0. The number of methoxy groups -OCH3 is 1. The van der Waals surface area contributed by atoms with E-state index in [-0.39, 0.29) is 29.7 Å². The summed E-state index contributed by atoms with van der Waals surface area (Å²) < 4.78 is 33.5. The average molecular weight is 546 g/mol. The first-order valence-corrected chi connectivity index (χ1v) is 13.1. The van der Waals surface area contributed by atoms with E-state index in [9.17, 15) is 14.4 Å². The number of hydrogen-bond donors (Lipinski definition) is 0. The topological polar surface area (TPSA) is 119 Å². The van der Waals surface area contributed by atoms with Crippen molar-refractivity contribution in [2.24, 2.45) is 5.92 Å². The van der Waals surface area contributed by atoms with E-state index in [1.165, 1.54) is 26.3 Å². The number of Topliss-reactive ketones (excluding diaryl/α,β-unsaturated/α-hetero) is 1. The fourth-order valence-corrected chi connectivity index (χ4v) is 3.77. The molecule has 0 saturated heterocycles. The van der Waals surface area contributed by atoms with Gasteiger partial charge in [0, 0.05) is 32.2 Å². The van der Waals surface area contributed by atoms with Crippen molar-refractivity contribution in [2.75, 3.05) is 20.5 Å². The highest BCUT2D eigenvalue weighted by molar-refractivity contribution is 5.99. The Morgan fingerprint density at radius 3 is 2.36 bits per heavy atom. The van der Waals surface area contributed by atoms with E-state index in [2.05, 4.69) is 4.98 Å². The van der Waals surface area contributed by atoms with Crippen LogP contribution in [0.15, 0.2) is 42.6 Å². The minimum Gasteiger partial charge on any atom is -0.493 e. The zero-order valence-corrected chi connectivity index (χ0v) is 23.5.